The molecule has 3 amide bonds. The second-order valence-corrected chi connectivity index (χ2v) is 7.93. The number of benzene rings is 2. The number of carbonyl (C=O) groups excluding carboxylic acids is 3. The van der Waals surface area contributed by atoms with Crippen LogP contribution >= 0.6 is 22.6 Å². The first-order valence-corrected chi connectivity index (χ1v) is 10.1. The lowest BCUT2D eigenvalue weighted by atomic mass is 9.72. The monoisotopic (exact) mass is 492 g/mol. The molecule has 0 aliphatic carbocycles. The Balaban J connectivity index is 1.62. The van der Waals surface area contributed by atoms with E-state index < -0.39 is 5.41 Å². The van der Waals surface area contributed by atoms with E-state index in [1.165, 1.54) is 0 Å². The molecule has 1 aliphatic heterocycles. The summed E-state index contributed by atoms with van der Waals surface area (Å²) in [4.78, 5) is 36.0. The molecule has 6 nitrogen and oxygen atoms in total. The molecule has 2 aromatic carbocycles. The van der Waals surface area contributed by atoms with Crippen molar-refractivity contribution in [2.45, 2.75) is 31.6 Å². The molecule has 2 N–H and O–H groups in total. The minimum atomic E-state index is -0.704. The molecule has 0 radical (unpaired) electrons. The standard InChI is InChI=1S/C21H21IN2O4/c1-2-21(12-11-18(25)24-20(21)27)14-3-7-16(8-4-14)23-19(26)13-28-17-9-5-15(22)6-10-17/h3-10H,2,11-13H2,1H3,(H,23,26)(H,24,25,27). The molecule has 1 atom stereocenters. The summed E-state index contributed by atoms with van der Waals surface area (Å²) in [6, 6.07) is 14.6. The van der Waals surface area contributed by atoms with E-state index in [1.807, 2.05) is 43.3 Å². The first kappa shape index (κ1) is 20.3. The number of piperidine rings is 1. The minimum absolute atomic E-state index is 0.0915. The van der Waals surface area contributed by atoms with E-state index >= 15 is 0 Å². The van der Waals surface area contributed by atoms with Gasteiger partial charge in [0.25, 0.3) is 5.91 Å². The third-order valence-corrected chi connectivity index (χ3v) is 5.69. The van der Waals surface area contributed by atoms with Gasteiger partial charge < -0.3 is 10.1 Å². The number of anilines is 1. The van der Waals surface area contributed by atoms with Crippen molar-refractivity contribution in [3.8, 4) is 5.75 Å². The summed E-state index contributed by atoms with van der Waals surface area (Å²) in [6.45, 7) is 1.85. The normalized spacial score (nSPS) is 19.1. The third kappa shape index (κ3) is 4.52. The summed E-state index contributed by atoms with van der Waals surface area (Å²) in [5.74, 6) is -0.119. The molecule has 1 aliphatic rings. The Morgan fingerprint density at radius 2 is 1.82 bits per heavy atom. The summed E-state index contributed by atoms with van der Waals surface area (Å²) in [5.41, 5.74) is 0.761. The number of carbonyl (C=O) groups is 3. The minimum Gasteiger partial charge on any atom is -0.484 e. The fraction of sp³-hybridized carbons (Fsp3) is 0.286. The van der Waals surface area contributed by atoms with Crippen LogP contribution in [0.15, 0.2) is 48.5 Å². The third-order valence-electron chi connectivity index (χ3n) is 4.97. The number of rotatable bonds is 6. The predicted molar refractivity (Wildman–Crippen MR) is 114 cm³/mol. The number of hydrogen-bond donors (Lipinski definition) is 2. The Morgan fingerprint density at radius 1 is 1.14 bits per heavy atom. The molecule has 0 spiro atoms. The van der Waals surface area contributed by atoms with Crippen LogP contribution in [0.4, 0.5) is 5.69 Å². The van der Waals surface area contributed by atoms with Gasteiger partial charge in [0.05, 0.1) is 5.41 Å². The highest BCUT2D eigenvalue weighted by atomic mass is 127. The molecule has 0 aromatic heterocycles. The lowest BCUT2D eigenvalue weighted by molar-refractivity contribution is -0.138. The van der Waals surface area contributed by atoms with Gasteiger partial charge in [-0.1, -0.05) is 19.1 Å². The van der Waals surface area contributed by atoms with E-state index in [0.29, 0.717) is 30.7 Å². The highest BCUT2D eigenvalue weighted by Gasteiger charge is 2.42. The van der Waals surface area contributed by atoms with Gasteiger partial charge in [0, 0.05) is 15.7 Å². The van der Waals surface area contributed by atoms with Crippen molar-refractivity contribution < 1.29 is 19.1 Å². The van der Waals surface area contributed by atoms with Crippen molar-refractivity contribution >= 4 is 46.0 Å². The van der Waals surface area contributed by atoms with Gasteiger partial charge in [0.1, 0.15) is 5.75 Å². The van der Waals surface area contributed by atoms with Crippen LogP contribution in [0.5, 0.6) is 5.75 Å². The molecule has 28 heavy (non-hydrogen) atoms. The van der Waals surface area contributed by atoms with Crippen molar-refractivity contribution in [2.75, 3.05) is 11.9 Å². The first-order valence-electron chi connectivity index (χ1n) is 9.06. The maximum Gasteiger partial charge on any atom is 0.262 e. The van der Waals surface area contributed by atoms with Gasteiger partial charge >= 0.3 is 0 Å². The molecular weight excluding hydrogens is 471 g/mol. The topological polar surface area (TPSA) is 84.5 Å². The molecule has 1 heterocycles. The number of nitrogens with one attached hydrogen (secondary N) is 2. The molecule has 1 saturated heterocycles. The molecule has 3 rings (SSSR count). The zero-order valence-electron chi connectivity index (χ0n) is 15.5. The molecule has 7 heteroatoms. The second-order valence-electron chi connectivity index (χ2n) is 6.68. The largest absolute Gasteiger partial charge is 0.484 e. The average Bonchev–Trinajstić information content (AvgIpc) is 2.69. The Bertz CT molecular complexity index is 880. The van der Waals surface area contributed by atoms with Crippen molar-refractivity contribution in [2.24, 2.45) is 0 Å². The number of amides is 3. The molecule has 1 unspecified atom stereocenters. The van der Waals surface area contributed by atoms with E-state index in [1.54, 1.807) is 12.1 Å². The maximum atomic E-state index is 12.4. The highest BCUT2D eigenvalue weighted by molar-refractivity contribution is 14.1. The van der Waals surface area contributed by atoms with Crippen LogP contribution in [0.1, 0.15) is 31.7 Å². The van der Waals surface area contributed by atoms with Gasteiger partial charge in [-0.2, -0.15) is 0 Å². The lowest BCUT2D eigenvalue weighted by Crippen LogP contribution is -2.51. The lowest BCUT2D eigenvalue weighted by Gasteiger charge is -2.35. The summed E-state index contributed by atoms with van der Waals surface area (Å²) in [5, 5.41) is 5.22. The number of imide groups is 1. The summed E-state index contributed by atoms with van der Waals surface area (Å²) in [6.07, 6.45) is 1.42. The highest BCUT2D eigenvalue weighted by Crippen LogP contribution is 2.36. The van der Waals surface area contributed by atoms with Crippen LogP contribution < -0.4 is 15.4 Å². The Morgan fingerprint density at radius 3 is 2.43 bits per heavy atom. The zero-order chi connectivity index (χ0) is 20.1. The van der Waals surface area contributed by atoms with Crippen molar-refractivity contribution in [1.29, 1.82) is 0 Å². The summed E-state index contributed by atoms with van der Waals surface area (Å²) < 4.78 is 6.56. The average molecular weight is 492 g/mol. The predicted octanol–water partition coefficient (Wildman–Crippen LogP) is 3.39. The number of ether oxygens (including phenoxy) is 1. The van der Waals surface area contributed by atoms with Crippen molar-refractivity contribution in [1.82, 2.24) is 5.32 Å². The van der Waals surface area contributed by atoms with Gasteiger partial charge in [-0.3, -0.25) is 19.7 Å². The number of halogens is 1. The molecule has 2 aromatic rings. The Hall–Kier alpha value is -2.42. The smallest absolute Gasteiger partial charge is 0.262 e. The first-order chi connectivity index (χ1) is 13.4. The SMILES string of the molecule is CCC1(c2ccc(NC(=O)COc3ccc(I)cc3)cc2)CCC(=O)NC1=O. The Kier molecular flexibility index (Phi) is 6.33. The van der Waals surface area contributed by atoms with Crippen molar-refractivity contribution in [3.63, 3.8) is 0 Å². The second kappa shape index (κ2) is 8.72. The summed E-state index contributed by atoms with van der Waals surface area (Å²) in [7, 11) is 0. The van der Waals surface area contributed by atoms with Crippen LogP contribution in [-0.2, 0) is 19.8 Å². The van der Waals surface area contributed by atoms with E-state index in [9.17, 15) is 14.4 Å². The van der Waals surface area contributed by atoms with E-state index in [-0.39, 0.29) is 24.3 Å². The van der Waals surface area contributed by atoms with Gasteiger partial charge in [0.2, 0.25) is 11.8 Å². The van der Waals surface area contributed by atoms with Crippen molar-refractivity contribution in [3.05, 3.63) is 57.7 Å². The van der Waals surface area contributed by atoms with Crippen LogP contribution in [0, 0.1) is 3.57 Å². The molecular formula is C21H21IN2O4. The van der Waals surface area contributed by atoms with Crippen LogP contribution in [-0.4, -0.2) is 24.3 Å². The maximum absolute atomic E-state index is 12.4. The van der Waals surface area contributed by atoms with Gasteiger partial charge in [0.15, 0.2) is 6.61 Å². The van der Waals surface area contributed by atoms with Crippen LogP contribution in [0.2, 0.25) is 0 Å². The fourth-order valence-electron chi connectivity index (χ4n) is 3.32. The number of hydrogen-bond acceptors (Lipinski definition) is 4. The van der Waals surface area contributed by atoms with Crippen LogP contribution in [0.25, 0.3) is 0 Å². The summed E-state index contributed by atoms with van der Waals surface area (Å²) >= 11 is 2.20. The van der Waals surface area contributed by atoms with E-state index in [4.69, 9.17) is 4.74 Å². The van der Waals surface area contributed by atoms with Gasteiger partial charge in [-0.15, -0.1) is 0 Å². The van der Waals surface area contributed by atoms with Gasteiger partial charge in [-0.05, 0) is 77.4 Å². The molecule has 0 bridgehead atoms. The Labute approximate surface area is 177 Å². The fourth-order valence-corrected chi connectivity index (χ4v) is 3.68. The molecule has 146 valence electrons. The van der Waals surface area contributed by atoms with E-state index in [2.05, 4.69) is 33.2 Å². The quantitative estimate of drug-likeness (QED) is 0.479. The molecule has 0 saturated carbocycles. The zero-order valence-corrected chi connectivity index (χ0v) is 17.6. The molecule has 1 fully saturated rings. The van der Waals surface area contributed by atoms with Crippen LogP contribution in [0.3, 0.4) is 0 Å². The van der Waals surface area contributed by atoms with Gasteiger partial charge in [-0.25, -0.2) is 0 Å². The van der Waals surface area contributed by atoms with E-state index in [0.717, 1.165) is 9.13 Å².